The van der Waals surface area contributed by atoms with Crippen molar-refractivity contribution in [2.45, 2.75) is 50.3 Å². The zero-order valence-corrected chi connectivity index (χ0v) is 9.08. The van der Waals surface area contributed by atoms with Crippen molar-refractivity contribution < 1.29 is 5.11 Å². The van der Waals surface area contributed by atoms with Crippen LogP contribution in [0.25, 0.3) is 0 Å². The van der Waals surface area contributed by atoms with Gasteiger partial charge in [0.2, 0.25) is 0 Å². The number of nitrogens with one attached hydrogen (secondary N) is 1. The van der Waals surface area contributed by atoms with Gasteiger partial charge < -0.3 is 10.4 Å². The molecule has 14 heavy (non-hydrogen) atoms. The molecule has 2 atom stereocenters. The summed E-state index contributed by atoms with van der Waals surface area (Å²) in [4.78, 5) is 2.63. The highest BCUT2D eigenvalue weighted by atomic mass is 16.3. The smallest absolute Gasteiger partial charge is 0.0570 e. The second kappa shape index (κ2) is 4.60. The summed E-state index contributed by atoms with van der Waals surface area (Å²) in [5.41, 5.74) is 0. The first-order valence-electron chi connectivity index (χ1n) is 5.89. The minimum absolute atomic E-state index is 0.0203. The molecule has 0 radical (unpaired) electrons. The van der Waals surface area contributed by atoms with Crippen LogP contribution in [0, 0.1) is 0 Å². The SMILES string of the molecule is CNCCCN1C2CCC1CC(O)C2. The predicted octanol–water partition coefficient (Wildman–Crippen LogP) is 0.584. The molecule has 2 bridgehead atoms. The summed E-state index contributed by atoms with van der Waals surface area (Å²) in [6.45, 7) is 2.32. The molecule has 2 aliphatic heterocycles. The van der Waals surface area contributed by atoms with Gasteiger partial charge in [-0.1, -0.05) is 0 Å². The number of rotatable bonds is 4. The van der Waals surface area contributed by atoms with E-state index in [1.165, 1.54) is 25.8 Å². The highest BCUT2D eigenvalue weighted by Crippen LogP contribution is 2.35. The van der Waals surface area contributed by atoms with E-state index in [0.29, 0.717) is 12.1 Å². The molecule has 2 rings (SSSR count). The van der Waals surface area contributed by atoms with E-state index in [-0.39, 0.29) is 6.10 Å². The van der Waals surface area contributed by atoms with E-state index in [0.717, 1.165) is 19.4 Å². The minimum atomic E-state index is -0.0203. The molecule has 2 N–H and O–H groups in total. The summed E-state index contributed by atoms with van der Waals surface area (Å²) >= 11 is 0. The highest BCUT2D eigenvalue weighted by molar-refractivity contribution is 4.94. The molecule has 0 aromatic heterocycles. The van der Waals surface area contributed by atoms with Gasteiger partial charge in [0, 0.05) is 12.1 Å². The highest BCUT2D eigenvalue weighted by Gasteiger charge is 2.39. The Morgan fingerprint density at radius 1 is 1.29 bits per heavy atom. The van der Waals surface area contributed by atoms with Gasteiger partial charge in [0.15, 0.2) is 0 Å². The quantitative estimate of drug-likeness (QED) is 0.649. The van der Waals surface area contributed by atoms with Crippen molar-refractivity contribution in [2.75, 3.05) is 20.1 Å². The summed E-state index contributed by atoms with van der Waals surface area (Å²) < 4.78 is 0. The first-order valence-corrected chi connectivity index (χ1v) is 5.89. The molecule has 3 nitrogen and oxygen atoms in total. The lowest BCUT2D eigenvalue weighted by atomic mass is 10.00. The van der Waals surface area contributed by atoms with E-state index in [4.69, 9.17) is 0 Å². The van der Waals surface area contributed by atoms with E-state index in [2.05, 4.69) is 10.2 Å². The van der Waals surface area contributed by atoms with Crippen LogP contribution in [0.4, 0.5) is 0 Å². The van der Waals surface area contributed by atoms with Crippen molar-refractivity contribution in [3.8, 4) is 0 Å². The Bertz CT molecular complexity index is 172. The standard InChI is InChI=1S/C11H22N2O/c1-12-5-2-6-13-9-3-4-10(13)8-11(14)7-9/h9-12,14H,2-8H2,1H3. The van der Waals surface area contributed by atoms with Gasteiger partial charge >= 0.3 is 0 Å². The van der Waals surface area contributed by atoms with Gasteiger partial charge in [0.05, 0.1) is 6.10 Å². The maximum absolute atomic E-state index is 9.64. The Morgan fingerprint density at radius 2 is 1.93 bits per heavy atom. The van der Waals surface area contributed by atoms with Crippen LogP contribution in [0.5, 0.6) is 0 Å². The fourth-order valence-electron chi connectivity index (χ4n) is 3.05. The Kier molecular flexibility index (Phi) is 3.42. The predicted molar refractivity (Wildman–Crippen MR) is 57.3 cm³/mol. The van der Waals surface area contributed by atoms with Crippen LogP contribution in [0.3, 0.4) is 0 Å². The largest absolute Gasteiger partial charge is 0.393 e. The molecular formula is C11H22N2O. The first-order chi connectivity index (χ1) is 6.81. The Morgan fingerprint density at radius 3 is 2.50 bits per heavy atom. The molecule has 2 fully saturated rings. The molecule has 0 spiro atoms. The lowest BCUT2D eigenvalue weighted by Crippen LogP contribution is -2.45. The third-order valence-corrected chi connectivity index (χ3v) is 3.70. The van der Waals surface area contributed by atoms with E-state index in [1.54, 1.807) is 0 Å². The molecule has 82 valence electrons. The summed E-state index contributed by atoms with van der Waals surface area (Å²) in [7, 11) is 2.01. The first kappa shape index (κ1) is 10.4. The zero-order chi connectivity index (χ0) is 9.97. The third kappa shape index (κ3) is 2.10. The number of aliphatic hydroxyl groups excluding tert-OH is 1. The van der Waals surface area contributed by atoms with Crippen molar-refractivity contribution in [2.24, 2.45) is 0 Å². The van der Waals surface area contributed by atoms with Crippen molar-refractivity contribution in [1.82, 2.24) is 10.2 Å². The van der Waals surface area contributed by atoms with Crippen molar-refractivity contribution >= 4 is 0 Å². The number of piperidine rings is 1. The molecular weight excluding hydrogens is 176 g/mol. The molecule has 0 aromatic rings. The molecule has 2 aliphatic rings. The molecule has 0 amide bonds. The van der Waals surface area contributed by atoms with Crippen LogP contribution in [0.2, 0.25) is 0 Å². The van der Waals surface area contributed by atoms with Gasteiger partial charge in [0.25, 0.3) is 0 Å². The molecule has 0 saturated carbocycles. The minimum Gasteiger partial charge on any atom is -0.393 e. The molecule has 2 heterocycles. The number of aliphatic hydroxyl groups is 1. The molecule has 3 heteroatoms. The van der Waals surface area contributed by atoms with Gasteiger partial charge in [-0.3, -0.25) is 4.90 Å². The fourth-order valence-corrected chi connectivity index (χ4v) is 3.05. The summed E-state index contributed by atoms with van der Waals surface area (Å²) in [5, 5.41) is 12.8. The van der Waals surface area contributed by atoms with Crippen LogP contribution < -0.4 is 5.32 Å². The third-order valence-electron chi connectivity index (χ3n) is 3.70. The lowest BCUT2D eigenvalue weighted by Gasteiger charge is -2.37. The second-order valence-electron chi connectivity index (χ2n) is 4.71. The Balaban J connectivity index is 1.82. The molecule has 2 saturated heterocycles. The van der Waals surface area contributed by atoms with Crippen LogP contribution in [-0.2, 0) is 0 Å². The van der Waals surface area contributed by atoms with Crippen LogP contribution in [0.1, 0.15) is 32.1 Å². The fraction of sp³-hybridized carbons (Fsp3) is 1.00. The lowest BCUT2D eigenvalue weighted by molar-refractivity contribution is 0.0351. The Hall–Kier alpha value is -0.120. The van der Waals surface area contributed by atoms with Gasteiger partial charge in [-0.2, -0.15) is 0 Å². The molecule has 2 unspecified atom stereocenters. The number of fused-ring (bicyclic) bond motifs is 2. The van der Waals surface area contributed by atoms with Crippen molar-refractivity contribution in [1.29, 1.82) is 0 Å². The van der Waals surface area contributed by atoms with Crippen molar-refractivity contribution in [3.63, 3.8) is 0 Å². The number of nitrogens with zero attached hydrogens (tertiary/aromatic N) is 1. The van der Waals surface area contributed by atoms with Crippen LogP contribution in [0.15, 0.2) is 0 Å². The topological polar surface area (TPSA) is 35.5 Å². The average Bonchev–Trinajstić information content (AvgIpc) is 2.42. The molecule has 0 aliphatic carbocycles. The van der Waals surface area contributed by atoms with Crippen LogP contribution in [-0.4, -0.2) is 48.3 Å². The average molecular weight is 198 g/mol. The van der Waals surface area contributed by atoms with E-state index >= 15 is 0 Å². The Labute approximate surface area is 86.5 Å². The van der Waals surface area contributed by atoms with Gasteiger partial charge in [-0.15, -0.1) is 0 Å². The summed E-state index contributed by atoms with van der Waals surface area (Å²) in [5.74, 6) is 0. The monoisotopic (exact) mass is 198 g/mol. The maximum Gasteiger partial charge on any atom is 0.0570 e. The second-order valence-corrected chi connectivity index (χ2v) is 4.71. The van der Waals surface area contributed by atoms with E-state index in [9.17, 15) is 5.11 Å². The van der Waals surface area contributed by atoms with Crippen molar-refractivity contribution in [3.05, 3.63) is 0 Å². The van der Waals surface area contributed by atoms with Gasteiger partial charge in [-0.05, 0) is 52.2 Å². The maximum atomic E-state index is 9.64. The summed E-state index contributed by atoms with van der Waals surface area (Å²) in [6, 6.07) is 1.36. The van der Waals surface area contributed by atoms with E-state index < -0.39 is 0 Å². The van der Waals surface area contributed by atoms with Gasteiger partial charge in [0.1, 0.15) is 0 Å². The normalized spacial score (nSPS) is 37.7. The summed E-state index contributed by atoms with van der Waals surface area (Å²) in [6.07, 6.45) is 5.85. The number of hydrogen-bond acceptors (Lipinski definition) is 3. The van der Waals surface area contributed by atoms with Gasteiger partial charge in [-0.25, -0.2) is 0 Å². The number of hydrogen-bond donors (Lipinski definition) is 2. The molecule has 0 aromatic carbocycles. The van der Waals surface area contributed by atoms with Crippen LogP contribution >= 0.6 is 0 Å². The van der Waals surface area contributed by atoms with E-state index in [1.807, 2.05) is 7.05 Å². The zero-order valence-electron chi connectivity index (χ0n) is 9.08.